The third kappa shape index (κ3) is 5.64. The van der Waals surface area contributed by atoms with Gasteiger partial charge in [-0.05, 0) is 55.9 Å². The molecular weight excluding hydrogens is 326 g/mol. The van der Waals surface area contributed by atoms with E-state index in [2.05, 4.69) is 40.5 Å². The van der Waals surface area contributed by atoms with Crippen molar-refractivity contribution >= 4 is 5.69 Å². The fraction of sp³-hybridized carbons (Fsp3) is 0.429. The highest BCUT2D eigenvalue weighted by atomic mass is 16.6. The molecule has 1 N–H and O–H groups in total. The topological polar surface area (TPSA) is 58.4 Å². The normalized spacial score (nSPS) is 15.8. The van der Waals surface area contributed by atoms with Crippen LogP contribution in [0.4, 0.5) is 5.69 Å². The smallest absolute Gasteiger partial charge is 0.269 e. The van der Waals surface area contributed by atoms with Crippen molar-refractivity contribution < 1.29 is 4.92 Å². The Morgan fingerprint density at radius 3 is 2.50 bits per heavy atom. The number of nitro groups is 1. The van der Waals surface area contributed by atoms with Crippen LogP contribution in [0.3, 0.4) is 0 Å². The molecule has 0 atom stereocenters. The molecule has 0 aliphatic carbocycles. The average molecular weight is 353 g/mol. The van der Waals surface area contributed by atoms with Gasteiger partial charge in [-0.15, -0.1) is 0 Å². The molecule has 0 saturated carbocycles. The fourth-order valence-electron chi connectivity index (χ4n) is 3.55. The first-order valence-corrected chi connectivity index (χ1v) is 9.41. The number of piperidine rings is 1. The van der Waals surface area contributed by atoms with Gasteiger partial charge in [0.2, 0.25) is 0 Å². The minimum atomic E-state index is -0.339. The summed E-state index contributed by atoms with van der Waals surface area (Å²) in [5.41, 5.74) is 2.55. The van der Waals surface area contributed by atoms with Gasteiger partial charge in [0.1, 0.15) is 0 Å². The van der Waals surface area contributed by atoms with Crippen LogP contribution in [-0.2, 0) is 13.0 Å². The van der Waals surface area contributed by atoms with Gasteiger partial charge in [-0.1, -0.05) is 42.5 Å². The monoisotopic (exact) mass is 353 g/mol. The van der Waals surface area contributed by atoms with Crippen LogP contribution in [0.2, 0.25) is 0 Å². The Labute approximate surface area is 155 Å². The molecule has 5 heteroatoms. The van der Waals surface area contributed by atoms with Crippen LogP contribution < -0.4 is 5.32 Å². The molecule has 0 spiro atoms. The highest BCUT2D eigenvalue weighted by Gasteiger charge is 2.18. The number of rotatable bonds is 8. The minimum absolute atomic E-state index is 0.163. The lowest BCUT2D eigenvalue weighted by molar-refractivity contribution is -0.384. The third-order valence-electron chi connectivity index (χ3n) is 5.15. The van der Waals surface area contributed by atoms with E-state index in [1.54, 1.807) is 12.1 Å². The summed E-state index contributed by atoms with van der Waals surface area (Å²) in [7, 11) is 0. The Kier molecular flexibility index (Phi) is 6.75. The lowest BCUT2D eigenvalue weighted by atomic mass is 9.96. The predicted octanol–water partition coefficient (Wildman–Crippen LogP) is 3.64. The van der Waals surface area contributed by atoms with Crippen molar-refractivity contribution in [2.45, 2.75) is 25.8 Å². The molecule has 3 rings (SSSR count). The Hall–Kier alpha value is -2.24. The van der Waals surface area contributed by atoms with E-state index >= 15 is 0 Å². The van der Waals surface area contributed by atoms with E-state index in [0.29, 0.717) is 12.5 Å². The van der Waals surface area contributed by atoms with E-state index in [1.165, 1.54) is 24.5 Å². The van der Waals surface area contributed by atoms with Crippen LogP contribution in [0.25, 0.3) is 0 Å². The maximum atomic E-state index is 10.8. The molecule has 26 heavy (non-hydrogen) atoms. The van der Waals surface area contributed by atoms with Crippen molar-refractivity contribution in [3.8, 4) is 0 Å². The number of hydrogen-bond acceptors (Lipinski definition) is 4. The van der Waals surface area contributed by atoms with E-state index in [9.17, 15) is 10.1 Å². The summed E-state index contributed by atoms with van der Waals surface area (Å²) in [6, 6.07) is 17.6. The van der Waals surface area contributed by atoms with Crippen molar-refractivity contribution in [2.75, 3.05) is 26.2 Å². The van der Waals surface area contributed by atoms with E-state index in [4.69, 9.17) is 0 Å². The van der Waals surface area contributed by atoms with Gasteiger partial charge in [-0.2, -0.15) is 0 Å². The van der Waals surface area contributed by atoms with E-state index in [1.807, 2.05) is 6.07 Å². The summed E-state index contributed by atoms with van der Waals surface area (Å²) in [5, 5.41) is 14.3. The standard InChI is InChI=1S/C21H27N3O2/c25-24(26)21-8-4-7-20(15-21)17-22-16-19-10-13-23(14-11-19)12-9-18-5-2-1-3-6-18/h1-8,15,19,22H,9-14,16-17H2. The zero-order valence-electron chi connectivity index (χ0n) is 15.1. The van der Waals surface area contributed by atoms with Crippen LogP contribution in [-0.4, -0.2) is 36.0 Å². The summed E-state index contributed by atoms with van der Waals surface area (Å²) in [4.78, 5) is 13.1. The number of likely N-dealkylation sites (tertiary alicyclic amines) is 1. The van der Waals surface area contributed by atoms with Crippen LogP contribution >= 0.6 is 0 Å². The predicted molar refractivity (Wildman–Crippen MR) is 104 cm³/mol. The SMILES string of the molecule is O=[N+]([O-])c1cccc(CNCC2CCN(CCc3ccccc3)CC2)c1. The van der Waals surface area contributed by atoms with Crippen LogP contribution in [0.1, 0.15) is 24.0 Å². The number of hydrogen-bond donors (Lipinski definition) is 1. The Bertz CT molecular complexity index is 697. The first-order valence-electron chi connectivity index (χ1n) is 9.41. The summed E-state index contributed by atoms with van der Waals surface area (Å²) >= 11 is 0. The maximum absolute atomic E-state index is 10.8. The van der Waals surface area contributed by atoms with Gasteiger partial charge in [0, 0.05) is 25.2 Å². The summed E-state index contributed by atoms with van der Waals surface area (Å²) < 4.78 is 0. The molecule has 1 saturated heterocycles. The minimum Gasteiger partial charge on any atom is -0.312 e. The zero-order valence-corrected chi connectivity index (χ0v) is 15.1. The molecule has 0 bridgehead atoms. The largest absolute Gasteiger partial charge is 0.312 e. The van der Waals surface area contributed by atoms with E-state index in [0.717, 1.165) is 38.2 Å². The molecule has 0 unspecified atom stereocenters. The molecule has 1 aliphatic heterocycles. The fourth-order valence-corrected chi connectivity index (χ4v) is 3.55. The lowest BCUT2D eigenvalue weighted by Crippen LogP contribution is -2.38. The molecular formula is C21H27N3O2. The molecule has 1 aliphatic rings. The van der Waals surface area contributed by atoms with Gasteiger partial charge in [0.15, 0.2) is 0 Å². The zero-order chi connectivity index (χ0) is 18.2. The maximum Gasteiger partial charge on any atom is 0.269 e. The highest BCUT2D eigenvalue weighted by Crippen LogP contribution is 2.17. The Morgan fingerprint density at radius 2 is 1.77 bits per heavy atom. The first kappa shape index (κ1) is 18.5. The van der Waals surface area contributed by atoms with Crippen molar-refractivity contribution in [2.24, 2.45) is 5.92 Å². The second kappa shape index (κ2) is 9.46. The summed E-state index contributed by atoms with van der Waals surface area (Å²) in [6.07, 6.45) is 3.56. The molecule has 2 aromatic rings. The summed E-state index contributed by atoms with van der Waals surface area (Å²) in [5.74, 6) is 0.696. The van der Waals surface area contributed by atoms with E-state index < -0.39 is 0 Å². The van der Waals surface area contributed by atoms with Gasteiger partial charge in [-0.3, -0.25) is 10.1 Å². The summed E-state index contributed by atoms with van der Waals surface area (Å²) in [6.45, 7) is 5.13. The van der Waals surface area contributed by atoms with Gasteiger partial charge in [0.25, 0.3) is 5.69 Å². The number of benzene rings is 2. The van der Waals surface area contributed by atoms with E-state index in [-0.39, 0.29) is 10.6 Å². The van der Waals surface area contributed by atoms with Gasteiger partial charge in [-0.25, -0.2) is 0 Å². The number of non-ortho nitro benzene ring substituents is 1. The third-order valence-corrected chi connectivity index (χ3v) is 5.15. The first-order chi connectivity index (χ1) is 12.7. The van der Waals surface area contributed by atoms with Crippen LogP contribution in [0, 0.1) is 16.0 Å². The van der Waals surface area contributed by atoms with Crippen molar-refractivity contribution in [1.29, 1.82) is 0 Å². The Balaban J connectivity index is 1.34. The highest BCUT2D eigenvalue weighted by molar-refractivity contribution is 5.34. The molecule has 138 valence electrons. The molecule has 5 nitrogen and oxygen atoms in total. The van der Waals surface area contributed by atoms with Crippen LogP contribution in [0.5, 0.6) is 0 Å². The number of nitrogens with zero attached hydrogens (tertiary/aromatic N) is 2. The second-order valence-corrected chi connectivity index (χ2v) is 7.08. The van der Waals surface area contributed by atoms with Gasteiger partial charge < -0.3 is 10.2 Å². The quantitative estimate of drug-likeness (QED) is 0.581. The number of nitrogens with one attached hydrogen (secondary N) is 1. The molecule has 0 aromatic heterocycles. The molecule has 1 heterocycles. The molecule has 1 fully saturated rings. The second-order valence-electron chi connectivity index (χ2n) is 7.08. The molecule has 2 aromatic carbocycles. The number of nitro benzene ring substituents is 1. The van der Waals surface area contributed by atoms with Crippen molar-refractivity contribution in [3.05, 3.63) is 75.8 Å². The molecule has 0 amide bonds. The lowest BCUT2D eigenvalue weighted by Gasteiger charge is -2.32. The van der Waals surface area contributed by atoms with Gasteiger partial charge >= 0.3 is 0 Å². The van der Waals surface area contributed by atoms with Crippen LogP contribution in [0.15, 0.2) is 54.6 Å². The van der Waals surface area contributed by atoms with Crippen molar-refractivity contribution in [3.63, 3.8) is 0 Å². The molecule has 0 radical (unpaired) electrons. The van der Waals surface area contributed by atoms with Gasteiger partial charge in [0.05, 0.1) is 4.92 Å². The average Bonchev–Trinajstić information content (AvgIpc) is 2.68. The Morgan fingerprint density at radius 1 is 1.04 bits per heavy atom. The van der Waals surface area contributed by atoms with Crippen molar-refractivity contribution in [1.82, 2.24) is 10.2 Å².